The summed E-state index contributed by atoms with van der Waals surface area (Å²) in [6.07, 6.45) is 1.53. The van der Waals surface area contributed by atoms with E-state index in [4.69, 9.17) is 10.5 Å². The maximum absolute atomic E-state index is 12.2. The Morgan fingerprint density at radius 1 is 1.42 bits per heavy atom. The van der Waals surface area contributed by atoms with Crippen molar-refractivity contribution < 1.29 is 9.53 Å². The molecular formula is C15H22N2O2. The Morgan fingerprint density at radius 3 is 2.63 bits per heavy atom. The molecule has 0 aromatic heterocycles. The van der Waals surface area contributed by atoms with Crippen LogP contribution in [0.25, 0.3) is 0 Å². The summed E-state index contributed by atoms with van der Waals surface area (Å²) >= 11 is 0. The summed E-state index contributed by atoms with van der Waals surface area (Å²) in [6, 6.07) is 9.80. The van der Waals surface area contributed by atoms with Gasteiger partial charge in [-0.3, -0.25) is 4.79 Å². The molecule has 1 aliphatic rings. The van der Waals surface area contributed by atoms with Gasteiger partial charge in [-0.1, -0.05) is 30.3 Å². The first-order valence-corrected chi connectivity index (χ1v) is 6.78. The van der Waals surface area contributed by atoms with Gasteiger partial charge in [-0.2, -0.15) is 0 Å². The molecule has 2 rings (SSSR count). The average molecular weight is 262 g/mol. The van der Waals surface area contributed by atoms with Crippen molar-refractivity contribution in [3.8, 4) is 0 Å². The molecule has 1 aromatic carbocycles. The number of nitrogens with two attached hydrogens (primary N) is 1. The number of ether oxygens (including phenoxy) is 1. The molecule has 3 N–H and O–H groups in total. The van der Waals surface area contributed by atoms with Crippen molar-refractivity contribution in [2.24, 2.45) is 5.73 Å². The summed E-state index contributed by atoms with van der Waals surface area (Å²) < 4.78 is 5.60. The van der Waals surface area contributed by atoms with Crippen LogP contribution in [0.4, 0.5) is 0 Å². The fourth-order valence-electron chi connectivity index (χ4n) is 2.39. The second-order valence-corrected chi connectivity index (χ2v) is 5.40. The summed E-state index contributed by atoms with van der Waals surface area (Å²) in [5.74, 6) is -0.0684. The van der Waals surface area contributed by atoms with Crippen LogP contribution in [0.2, 0.25) is 0 Å². The van der Waals surface area contributed by atoms with Gasteiger partial charge in [-0.15, -0.1) is 0 Å². The van der Waals surface area contributed by atoms with Crippen molar-refractivity contribution in [3.63, 3.8) is 0 Å². The van der Waals surface area contributed by atoms with Crippen LogP contribution in [0.1, 0.15) is 32.3 Å². The first kappa shape index (κ1) is 14.0. The molecule has 4 heteroatoms. The highest BCUT2D eigenvalue weighted by Gasteiger charge is 2.33. The quantitative estimate of drug-likeness (QED) is 0.865. The Kier molecular flexibility index (Phi) is 4.22. The van der Waals surface area contributed by atoms with E-state index in [9.17, 15) is 4.79 Å². The van der Waals surface area contributed by atoms with E-state index in [1.807, 2.05) is 44.2 Å². The van der Waals surface area contributed by atoms with Gasteiger partial charge in [0.15, 0.2) is 0 Å². The molecule has 0 radical (unpaired) electrons. The number of amides is 1. The van der Waals surface area contributed by atoms with Gasteiger partial charge in [0.2, 0.25) is 5.91 Å². The van der Waals surface area contributed by atoms with E-state index in [-0.39, 0.29) is 18.1 Å². The summed E-state index contributed by atoms with van der Waals surface area (Å²) in [6.45, 7) is 4.29. The van der Waals surface area contributed by atoms with Gasteiger partial charge < -0.3 is 15.8 Å². The predicted molar refractivity (Wildman–Crippen MR) is 74.6 cm³/mol. The van der Waals surface area contributed by atoms with E-state index in [1.165, 1.54) is 0 Å². The zero-order chi connectivity index (χ0) is 13.9. The first-order valence-electron chi connectivity index (χ1n) is 6.78. The van der Waals surface area contributed by atoms with Crippen molar-refractivity contribution in [2.75, 3.05) is 6.54 Å². The fourth-order valence-corrected chi connectivity index (χ4v) is 2.39. The monoisotopic (exact) mass is 262 g/mol. The highest BCUT2D eigenvalue weighted by molar-refractivity contribution is 5.82. The van der Waals surface area contributed by atoms with Crippen LogP contribution in [0.5, 0.6) is 0 Å². The number of rotatable bonds is 4. The second-order valence-electron chi connectivity index (χ2n) is 5.40. The number of hydrogen-bond donors (Lipinski definition) is 2. The van der Waals surface area contributed by atoms with Gasteiger partial charge in [-0.25, -0.2) is 0 Å². The number of nitrogens with one attached hydrogen (secondary N) is 1. The molecule has 19 heavy (non-hydrogen) atoms. The third-order valence-electron chi connectivity index (χ3n) is 3.74. The van der Waals surface area contributed by atoms with Gasteiger partial charge in [-0.05, 0) is 32.3 Å². The topological polar surface area (TPSA) is 64.4 Å². The van der Waals surface area contributed by atoms with Crippen molar-refractivity contribution in [1.29, 1.82) is 0 Å². The lowest BCUT2D eigenvalue weighted by Gasteiger charge is -2.31. The molecule has 1 amide bonds. The van der Waals surface area contributed by atoms with E-state index >= 15 is 0 Å². The van der Waals surface area contributed by atoms with E-state index in [0.29, 0.717) is 6.54 Å². The Bertz CT molecular complexity index is 435. The maximum atomic E-state index is 12.2. The van der Waals surface area contributed by atoms with Gasteiger partial charge >= 0.3 is 0 Å². The number of carbonyl (C=O) groups excluding carboxylic acids is 1. The molecular weight excluding hydrogens is 240 g/mol. The van der Waals surface area contributed by atoms with Gasteiger partial charge in [0, 0.05) is 6.54 Å². The summed E-state index contributed by atoms with van der Waals surface area (Å²) in [5.41, 5.74) is 6.32. The molecule has 3 unspecified atom stereocenters. The second kappa shape index (κ2) is 5.72. The van der Waals surface area contributed by atoms with Gasteiger partial charge in [0.05, 0.1) is 11.6 Å². The zero-order valence-corrected chi connectivity index (χ0v) is 11.6. The Hall–Kier alpha value is -1.39. The van der Waals surface area contributed by atoms with Crippen LogP contribution in [0, 0.1) is 0 Å². The minimum Gasteiger partial charge on any atom is -0.365 e. The van der Waals surface area contributed by atoms with Crippen molar-refractivity contribution in [2.45, 2.75) is 44.4 Å². The van der Waals surface area contributed by atoms with Crippen LogP contribution >= 0.6 is 0 Å². The number of carbonyl (C=O) groups is 1. The van der Waals surface area contributed by atoms with Crippen LogP contribution in [-0.2, 0) is 15.1 Å². The van der Waals surface area contributed by atoms with Crippen molar-refractivity contribution in [3.05, 3.63) is 35.9 Å². The van der Waals surface area contributed by atoms with E-state index in [2.05, 4.69) is 5.32 Å². The smallest absolute Gasteiger partial charge is 0.249 e. The molecule has 0 spiro atoms. The Labute approximate surface area is 114 Å². The molecule has 0 aliphatic carbocycles. The molecule has 0 bridgehead atoms. The predicted octanol–water partition coefficient (Wildman–Crippen LogP) is 1.54. The lowest BCUT2D eigenvalue weighted by atomic mass is 9.91. The van der Waals surface area contributed by atoms with Crippen LogP contribution < -0.4 is 11.1 Å². The Balaban J connectivity index is 2.08. The van der Waals surface area contributed by atoms with E-state index in [0.717, 1.165) is 18.4 Å². The van der Waals surface area contributed by atoms with Crippen molar-refractivity contribution in [1.82, 2.24) is 5.32 Å². The number of hydrogen-bond acceptors (Lipinski definition) is 3. The zero-order valence-electron chi connectivity index (χ0n) is 11.6. The summed E-state index contributed by atoms with van der Waals surface area (Å²) in [4.78, 5) is 12.2. The summed E-state index contributed by atoms with van der Waals surface area (Å²) in [5, 5.41) is 3.03. The first-order chi connectivity index (χ1) is 9.05. The molecule has 1 aliphatic heterocycles. The lowest BCUT2D eigenvalue weighted by molar-refractivity contribution is -0.133. The van der Waals surface area contributed by atoms with Crippen LogP contribution in [0.15, 0.2) is 30.3 Å². The average Bonchev–Trinajstić information content (AvgIpc) is 2.86. The minimum absolute atomic E-state index is 0.0684. The van der Waals surface area contributed by atoms with Crippen molar-refractivity contribution >= 4 is 5.91 Å². The van der Waals surface area contributed by atoms with Crippen LogP contribution in [0.3, 0.4) is 0 Å². The third-order valence-corrected chi connectivity index (χ3v) is 3.74. The van der Waals surface area contributed by atoms with Gasteiger partial charge in [0.1, 0.15) is 6.10 Å². The lowest BCUT2D eigenvalue weighted by Crippen LogP contribution is -2.51. The highest BCUT2D eigenvalue weighted by atomic mass is 16.5. The van der Waals surface area contributed by atoms with E-state index in [1.54, 1.807) is 0 Å². The summed E-state index contributed by atoms with van der Waals surface area (Å²) in [7, 11) is 0. The highest BCUT2D eigenvalue weighted by Crippen LogP contribution is 2.23. The molecule has 1 fully saturated rings. The maximum Gasteiger partial charge on any atom is 0.249 e. The molecule has 104 valence electrons. The van der Waals surface area contributed by atoms with Crippen LogP contribution in [-0.4, -0.2) is 24.7 Å². The Morgan fingerprint density at radius 2 is 2.11 bits per heavy atom. The molecule has 1 heterocycles. The minimum atomic E-state index is -0.548. The SMILES string of the molecule is CC1CCC(C(=O)NC(C)(CN)c2ccccc2)O1. The molecule has 3 atom stereocenters. The van der Waals surface area contributed by atoms with E-state index < -0.39 is 5.54 Å². The molecule has 4 nitrogen and oxygen atoms in total. The molecule has 1 saturated heterocycles. The number of benzene rings is 1. The fraction of sp³-hybridized carbons (Fsp3) is 0.533. The third kappa shape index (κ3) is 3.14. The molecule has 0 saturated carbocycles. The largest absolute Gasteiger partial charge is 0.365 e. The van der Waals surface area contributed by atoms with Gasteiger partial charge in [0.25, 0.3) is 0 Å². The molecule has 1 aromatic rings. The standard InChI is InChI=1S/C15H22N2O2/c1-11-8-9-13(19-11)14(18)17-15(2,10-16)12-6-4-3-5-7-12/h3-7,11,13H,8-10,16H2,1-2H3,(H,17,18). The normalized spacial score (nSPS) is 25.8.